The first kappa shape index (κ1) is 23.8. The van der Waals surface area contributed by atoms with Gasteiger partial charge in [0, 0.05) is 18.3 Å². The van der Waals surface area contributed by atoms with Crippen molar-refractivity contribution in [1.29, 1.82) is 0 Å². The lowest BCUT2D eigenvalue weighted by Crippen LogP contribution is -2.50. The molecular formula is C26H36FN5OS. The van der Waals surface area contributed by atoms with E-state index >= 15 is 0 Å². The standard InChI is InChI=1S/C26H36FN5OS/c1-19(30-15-5-2-6-16-30)25-28-29-26(32(25)22-13-11-21(27)12-14-22)34-18-24(33)31-17-7-9-20-8-3-4-10-23(20)31/h11-14,19-20,23H,2-10,15-18H2,1H3/t19-,20-,23+/m1/s1. The number of aromatic nitrogens is 3. The molecule has 1 aromatic heterocycles. The van der Waals surface area contributed by atoms with Gasteiger partial charge in [-0.1, -0.05) is 31.0 Å². The SMILES string of the molecule is C[C@H](c1nnc(SCC(=O)N2CCC[C@H]3CCCC[C@@H]32)n1-c1ccc(F)cc1)N1CCCCC1. The monoisotopic (exact) mass is 485 g/mol. The minimum Gasteiger partial charge on any atom is -0.339 e. The molecule has 0 bridgehead atoms. The van der Waals surface area contributed by atoms with Gasteiger partial charge in [-0.25, -0.2) is 4.39 Å². The highest BCUT2D eigenvalue weighted by molar-refractivity contribution is 7.99. The van der Waals surface area contributed by atoms with Gasteiger partial charge in [0.15, 0.2) is 11.0 Å². The van der Waals surface area contributed by atoms with Crippen LogP contribution in [0.5, 0.6) is 0 Å². The number of nitrogens with zero attached hydrogens (tertiary/aromatic N) is 5. The molecule has 1 aliphatic carbocycles. The quantitative estimate of drug-likeness (QED) is 0.525. The number of carbonyl (C=O) groups is 1. The summed E-state index contributed by atoms with van der Waals surface area (Å²) in [5.74, 6) is 1.84. The number of amides is 1. The van der Waals surface area contributed by atoms with Crippen LogP contribution in [0.15, 0.2) is 29.4 Å². The van der Waals surface area contributed by atoms with Crippen LogP contribution in [-0.2, 0) is 4.79 Å². The summed E-state index contributed by atoms with van der Waals surface area (Å²) in [4.78, 5) is 17.9. The van der Waals surface area contributed by atoms with E-state index in [-0.39, 0.29) is 17.8 Å². The van der Waals surface area contributed by atoms with Crippen molar-refractivity contribution in [3.05, 3.63) is 35.9 Å². The third-order valence-electron chi connectivity index (χ3n) is 7.94. The van der Waals surface area contributed by atoms with Crippen LogP contribution in [0.1, 0.15) is 76.6 Å². The van der Waals surface area contributed by atoms with Gasteiger partial charge in [-0.2, -0.15) is 0 Å². The predicted molar refractivity (Wildman–Crippen MR) is 133 cm³/mol. The third-order valence-corrected chi connectivity index (χ3v) is 8.86. The number of likely N-dealkylation sites (tertiary alicyclic amines) is 2. The van der Waals surface area contributed by atoms with Crippen molar-refractivity contribution >= 4 is 17.7 Å². The molecular weight excluding hydrogens is 449 g/mol. The summed E-state index contributed by atoms with van der Waals surface area (Å²) in [6, 6.07) is 7.01. The van der Waals surface area contributed by atoms with Gasteiger partial charge in [-0.05, 0) is 88.7 Å². The van der Waals surface area contributed by atoms with Gasteiger partial charge in [0.1, 0.15) is 5.82 Å². The molecule has 0 radical (unpaired) electrons. The van der Waals surface area contributed by atoms with E-state index in [1.54, 1.807) is 12.1 Å². The second-order valence-electron chi connectivity index (χ2n) is 10.1. The summed E-state index contributed by atoms with van der Waals surface area (Å²) in [6.45, 7) is 5.15. The Morgan fingerprint density at radius 2 is 1.74 bits per heavy atom. The van der Waals surface area contributed by atoms with Gasteiger partial charge in [-0.3, -0.25) is 14.3 Å². The molecule has 3 fully saturated rings. The summed E-state index contributed by atoms with van der Waals surface area (Å²) < 4.78 is 15.7. The van der Waals surface area contributed by atoms with Gasteiger partial charge < -0.3 is 4.90 Å². The van der Waals surface area contributed by atoms with E-state index in [9.17, 15) is 9.18 Å². The molecule has 0 spiro atoms. The smallest absolute Gasteiger partial charge is 0.233 e. The summed E-state index contributed by atoms with van der Waals surface area (Å²) in [7, 11) is 0. The lowest BCUT2D eigenvalue weighted by molar-refractivity contribution is -0.134. The second kappa shape index (κ2) is 10.8. The first-order valence-corrected chi connectivity index (χ1v) is 14.0. The molecule has 0 N–H and O–H groups in total. The average molecular weight is 486 g/mol. The number of rotatable bonds is 6. The van der Waals surface area contributed by atoms with E-state index in [2.05, 4.69) is 26.9 Å². The lowest BCUT2D eigenvalue weighted by atomic mass is 9.78. The average Bonchev–Trinajstić information content (AvgIpc) is 3.31. The molecule has 3 atom stereocenters. The molecule has 1 saturated carbocycles. The van der Waals surface area contributed by atoms with Crippen LogP contribution in [0.3, 0.4) is 0 Å². The Morgan fingerprint density at radius 1 is 1.00 bits per heavy atom. The number of thioether (sulfide) groups is 1. The Kier molecular flexibility index (Phi) is 7.54. The van der Waals surface area contributed by atoms with E-state index in [1.807, 2.05) is 4.57 Å². The maximum absolute atomic E-state index is 13.7. The minimum absolute atomic E-state index is 0.105. The number of hydrogen-bond acceptors (Lipinski definition) is 5. The number of halogens is 1. The molecule has 3 heterocycles. The zero-order chi connectivity index (χ0) is 23.5. The van der Waals surface area contributed by atoms with E-state index in [4.69, 9.17) is 0 Å². The van der Waals surface area contributed by atoms with E-state index in [0.717, 1.165) is 44.0 Å². The number of fused-ring (bicyclic) bond motifs is 1. The maximum atomic E-state index is 13.7. The van der Waals surface area contributed by atoms with E-state index in [1.165, 1.54) is 68.8 Å². The summed E-state index contributed by atoms with van der Waals surface area (Å²) >= 11 is 1.46. The highest BCUT2D eigenvalue weighted by Gasteiger charge is 2.35. The van der Waals surface area contributed by atoms with Gasteiger partial charge in [0.05, 0.1) is 11.8 Å². The van der Waals surface area contributed by atoms with E-state index in [0.29, 0.717) is 22.9 Å². The zero-order valence-corrected chi connectivity index (χ0v) is 21.0. The molecule has 1 aromatic carbocycles. The minimum atomic E-state index is -0.265. The Bertz CT molecular complexity index is 972. The van der Waals surface area contributed by atoms with Gasteiger partial charge >= 0.3 is 0 Å². The highest BCUT2D eigenvalue weighted by atomic mass is 32.2. The second-order valence-corrected chi connectivity index (χ2v) is 11.0. The van der Waals surface area contributed by atoms with Gasteiger partial charge in [0.2, 0.25) is 5.91 Å². The molecule has 2 saturated heterocycles. The molecule has 1 amide bonds. The summed E-state index contributed by atoms with van der Waals surface area (Å²) in [5.41, 5.74) is 0.838. The summed E-state index contributed by atoms with van der Waals surface area (Å²) in [6.07, 6.45) is 11.0. The van der Waals surface area contributed by atoms with Crippen LogP contribution < -0.4 is 0 Å². The van der Waals surface area contributed by atoms with Crippen LogP contribution in [-0.4, -0.2) is 61.9 Å². The van der Waals surface area contributed by atoms with Crippen molar-refractivity contribution in [2.24, 2.45) is 5.92 Å². The van der Waals surface area contributed by atoms with Gasteiger partial charge in [-0.15, -0.1) is 10.2 Å². The highest BCUT2D eigenvalue weighted by Crippen LogP contribution is 2.36. The van der Waals surface area contributed by atoms with Crippen LogP contribution in [0, 0.1) is 11.7 Å². The Morgan fingerprint density at radius 3 is 2.53 bits per heavy atom. The number of hydrogen-bond donors (Lipinski definition) is 0. The molecule has 184 valence electrons. The van der Waals surface area contributed by atoms with Crippen LogP contribution in [0.2, 0.25) is 0 Å². The maximum Gasteiger partial charge on any atom is 0.233 e. The van der Waals surface area contributed by atoms with Crippen molar-refractivity contribution in [3.63, 3.8) is 0 Å². The molecule has 5 rings (SSSR count). The largest absolute Gasteiger partial charge is 0.339 e. The fraction of sp³-hybridized carbons (Fsp3) is 0.654. The fourth-order valence-corrected chi connectivity index (χ4v) is 6.94. The third kappa shape index (κ3) is 5.03. The van der Waals surface area contributed by atoms with Crippen LogP contribution >= 0.6 is 11.8 Å². The van der Waals surface area contributed by atoms with Gasteiger partial charge in [0.25, 0.3) is 0 Å². The Labute approximate surface area is 206 Å². The normalized spacial score (nSPS) is 24.6. The van der Waals surface area contributed by atoms with Crippen molar-refractivity contribution in [2.45, 2.75) is 82.0 Å². The van der Waals surface area contributed by atoms with Crippen LogP contribution in [0.25, 0.3) is 5.69 Å². The van der Waals surface area contributed by atoms with Crippen LogP contribution in [0.4, 0.5) is 4.39 Å². The molecule has 6 nitrogen and oxygen atoms in total. The molecule has 34 heavy (non-hydrogen) atoms. The van der Waals surface area contributed by atoms with Crippen molar-refractivity contribution in [1.82, 2.24) is 24.6 Å². The fourth-order valence-electron chi connectivity index (χ4n) is 6.09. The predicted octanol–water partition coefficient (Wildman–Crippen LogP) is 5.23. The molecule has 3 aliphatic rings. The van der Waals surface area contributed by atoms with E-state index < -0.39 is 0 Å². The molecule has 8 heteroatoms. The first-order valence-electron chi connectivity index (χ1n) is 13.0. The lowest BCUT2D eigenvalue weighted by Gasteiger charge is -2.44. The molecule has 2 aliphatic heterocycles. The Balaban J connectivity index is 1.36. The number of carbonyl (C=O) groups excluding carboxylic acids is 1. The zero-order valence-electron chi connectivity index (χ0n) is 20.2. The van der Waals surface area contributed by atoms with Crippen molar-refractivity contribution in [2.75, 3.05) is 25.4 Å². The summed E-state index contributed by atoms with van der Waals surface area (Å²) in [5, 5.41) is 9.80. The Hall–Kier alpha value is -1.93. The number of piperidine rings is 2. The molecule has 2 aromatic rings. The van der Waals surface area contributed by atoms with Crippen molar-refractivity contribution in [3.8, 4) is 5.69 Å². The molecule has 0 unspecified atom stereocenters. The first-order chi connectivity index (χ1) is 16.6. The number of benzene rings is 1. The topological polar surface area (TPSA) is 54.3 Å². The van der Waals surface area contributed by atoms with Crippen molar-refractivity contribution < 1.29 is 9.18 Å².